The highest BCUT2D eigenvalue weighted by molar-refractivity contribution is 7.89. The number of benzene rings is 2. The molecule has 0 bridgehead atoms. The quantitative estimate of drug-likeness (QED) is 0.804. The van der Waals surface area contributed by atoms with E-state index in [1.165, 1.54) is 6.07 Å². The van der Waals surface area contributed by atoms with Crippen LogP contribution in [0, 0.1) is 0 Å². The standard InChI is InChI=1S/C16H17NO5S/c17-23(20,21)15-4-2-1-3-13(15)11-22-14-8-5-12(6-9-14)7-10-16(18)19/h1-6,8-9H,7,10-11H2,(H,18,19)(H2,17,20,21). The SMILES string of the molecule is NS(=O)(=O)c1ccccc1COc1ccc(CCC(=O)O)cc1. The van der Waals surface area contributed by atoms with Gasteiger partial charge in [0.15, 0.2) is 0 Å². The van der Waals surface area contributed by atoms with E-state index in [2.05, 4.69) is 0 Å². The van der Waals surface area contributed by atoms with Crippen molar-refractivity contribution in [3.8, 4) is 5.75 Å². The zero-order valence-corrected chi connectivity index (χ0v) is 13.1. The molecule has 0 aliphatic carbocycles. The molecule has 122 valence electrons. The van der Waals surface area contributed by atoms with E-state index >= 15 is 0 Å². The van der Waals surface area contributed by atoms with Crippen molar-refractivity contribution in [3.63, 3.8) is 0 Å². The van der Waals surface area contributed by atoms with Gasteiger partial charge in [-0.15, -0.1) is 0 Å². The minimum Gasteiger partial charge on any atom is -0.489 e. The molecule has 0 heterocycles. The van der Waals surface area contributed by atoms with E-state index in [1.54, 1.807) is 42.5 Å². The molecule has 7 heteroatoms. The lowest BCUT2D eigenvalue weighted by Gasteiger charge is -2.10. The Morgan fingerprint density at radius 1 is 1.09 bits per heavy atom. The molecule has 0 aromatic heterocycles. The zero-order chi connectivity index (χ0) is 16.9. The maximum Gasteiger partial charge on any atom is 0.303 e. The van der Waals surface area contributed by atoms with Crippen LogP contribution in [0.3, 0.4) is 0 Å². The summed E-state index contributed by atoms with van der Waals surface area (Å²) in [7, 11) is -3.80. The van der Waals surface area contributed by atoms with Gasteiger partial charge in [0.1, 0.15) is 12.4 Å². The summed E-state index contributed by atoms with van der Waals surface area (Å²) < 4.78 is 28.6. The number of carbonyl (C=O) groups is 1. The molecule has 6 nitrogen and oxygen atoms in total. The fourth-order valence-corrected chi connectivity index (χ4v) is 2.83. The molecule has 0 aliphatic rings. The molecular formula is C16H17NO5S. The highest BCUT2D eigenvalue weighted by Crippen LogP contribution is 2.18. The normalized spacial score (nSPS) is 11.2. The number of aryl methyl sites for hydroxylation is 1. The summed E-state index contributed by atoms with van der Waals surface area (Å²) in [6, 6.07) is 13.4. The minimum atomic E-state index is -3.80. The van der Waals surface area contributed by atoms with E-state index in [0.29, 0.717) is 17.7 Å². The number of rotatable bonds is 7. The predicted octanol–water partition coefficient (Wildman–Crippen LogP) is 1.93. The molecule has 0 amide bonds. The van der Waals surface area contributed by atoms with Gasteiger partial charge in [-0.2, -0.15) is 0 Å². The van der Waals surface area contributed by atoms with E-state index in [9.17, 15) is 13.2 Å². The molecule has 2 aromatic carbocycles. The van der Waals surface area contributed by atoms with E-state index in [0.717, 1.165) is 5.56 Å². The summed E-state index contributed by atoms with van der Waals surface area (Å²) in [6.07, 6.45) is 0.520. The van der Waals surface area contributed by atoms with Gasteiger partial charge in [-0.25, -0.2) is 13.6 Å². The molecule has 0 atom stereocenters. The summed E-state index contributed by atoms with van der Waals surface area (Å²) in [5.41, 5.74) is 1.37. The van der Waals surface area contributed by atoms with E-state index in [4.69, 9.17) is 15.0 Å². The second kappa shape index (κ2) is 7.26. The van der Waals surface area contributed by atoms with Crippen molar-refractivity contribution in [2.75, 3.05) is 0 Å². The van der Waals surface area contributed by atoms with Crippen LogP contribution in [0.15, 0.2) is 53.4 Å². The maximum absolute atomic E-state index is 11.5. The van der Waals surface area contributed by atoms with Gasteiger partial charge in [-0.05, 0) is 30.2 Å². The Balaban J connectivity index is 2.03. The van der Waals surface area contributed by atoms with Gasteiger partial charge in [0.25, 0.3) is 0 Å². The number of carboxylic acids is 1. The molecular weight excluding hydrogens is 318 g/mol. The van der Waals surface area contributed by atoms with Crippen LogP contribution in [-0.2, 0) is 27.8 Å². The number of aliphatic carboxylic acids is 1. The maximum atomic E-state index is 11.5. The van der Waals surface area contributed by atoms with Gasteiger partial charge in [0.2, 0.25) is 10.0 Å². The van der Waals surface area contributed by atoms with Crippen LogP contribution >= 0.6 is 0 Å². The van der Waals surface area contributed by atoms with Crippen molar-refractivity contribution < 1.29 is 23.1 Å². The largest absolute Gasteiger partial charge is 0.489 e. The molecule has 0 spiro atoms. The molecule has 3 N–H and O–H groups in total. The fourth-order valence-electron chi connectivity index (χ4n) is 2.07. The average Bonchev–Trinajstić information content (AvgIpc) is 2.51. The highest BCUT2D eigenvalue weighted by Gasteiger charge is 2.13. The third kappa shape index (κ3) is 5.08. The lowest BCUT2D eigenvalue weighted by atomic mass is 10.1. The van der Waals surface area contributed by atoms with Gasteiger partial charge in [-0.1, -0.05) is 30.3 Å². The van der Waals surface area contributed by atoms with Crippen LogP contribution < -0.4 is 9.88 Å². The number of hydrogen-bond acceptors (Lipinski definition) is 4. The summed E-state index contributed by atoms with van der Waals surface area (Å²) >= 11 is 0. The molecule has 0 saturated carbocycles. The van der Waals surface area contributed by atoms with Crippen molar-refractivity contribution in [2.24, 2.45) is 5.14 Å². The smallest absolute Gasteiger partial charge is 0.303 e. The Morgan fingerprint density at radius 3 is 2.35 bits per heavy atom. The molecule has 0 saturated heterocycles. The van der Waals surface area contributed by atoms with Crippen LogP contribution in [0.5, 0.6) is 5.75 Å². The van der Waals surface area contributed by atoms with Crippen LogP contribution in [0.2, 0.25) is 0 Å². The van der Waals surface area contributed by atoms with E-state index < -0.39 is 16.0 Å². The fraction of sp³-hybridized carbons (Fsp3) is 0.188. The topological polar surface area (TPSA) is 107 Å². The molecule has 2 aromatic rings. The monoisotopic (exact) mass is 335 g/mol. The Bertz CT molecular complexity index is 784. The van der Waals surface area contributed by atoms with Crippen molar-refractivity contribution in [2.45, 2.75) is 24.3 Å². The third-order valence-electron chi connectivity index (χ3n) is 3.22. The van der Waals surface area contributed by atoms with Crippen LogP contribution in [0.4, 0.5) is 0 Å². The average molecular weight is 335 g/mol. The Labute approximate surface area is 134 Å². The minimum absolute atomic E-state index is 0.0399. The van der Waals surface area contributed by atoms with Gasteiger partial charge < -0.3 is 9.84 Å². The Morgan fingerprint density at radius 2 is 1.74 bits per heavy atom. The number of primary sulfonamides is 1. The number of nitrogens with two attached hydrogens (primary N) is 1. The molecule has 0 unspecified atom stereocenters. The molecule has 23 heavy (non-hydrogen) atoms. The van der Waals surface area contributed by atoms with Gasteiger partial charge >= 0.3 is 5.97 Å². The Hall–Kier alpha value is -2.38. The molecule has 0 aliphatic heterocycles. The number of hydrogen-bond donors (Lipinski definition) is 2. The van der Waals surface area contributed by atoms with Crippen molar-refractivity contribution in [3.05, 3.63) is 59.7 Å². The van der Waals surface area contributed by atoms with Crippen molar-refractivity contribution >= 4 is 16.0 Å². The van der Waals surface area contributed by atoms with Crippen LogP contribution in [0.1, 0.15) is 17.5 Å². The lowest BCUT2D eigenvalue weighted by molar-refractivity contribution is -0.136. The Kier molecular flexibility index (Phi) is 5.36. The van der Waals surface area contributed by atoms with Gasteiger partial charge in [-0.3, -0.25) is 4.79 Å². The summed E-state index contributed by atoms with van der Waals surface area (Å²) in [4.78, 5) is 10.6. The number of sulfonamides is 1. The first-order chi connectivity index (χ1) is 10.9. The number of carboxylic acid groups (broad SMARTS) is 1. The number of ether oxygens (including phenoxy) is 1. The van der Waals surface area contributed by atoms with E-state index in [1.807, 2.05) is 0 Å². The van der Waals surface area contributed by atoms with Crippen LogP contribution in [-0.4, -0.2) is 19.5 Å². The summed E-state index contributed by atoms with van der Waals surface area (Å²) in [6.45, 7) is 0.0705. The van der Waals surface area contributed by atoms with Gasteiger partial charge in [0.05, 0.1) is 4.90 Å². The second-order valence-corrected chi connectivity index (χ2v) is 6.51. The third-order valence-corrected chi connectivity index (χ3v) is 4.24. The zero-order valence-electron chi connectivity index (χ0n) is 12.3. The summed E-state index contributed by atoms with van der Waals surface area (Å²) in [5.74, 6) is -0.279. The second-order valence-electron chi connectivity index (χ2n) is 4.98. The first kappa shape index (κ1) is 17.0. The van der Waals surface area contributed by atoms with Crippen LogP contribution in [0.25, 0.3) is 0 Å². The molecule has 2 rings (SSSR count). The predicted molar refractivity (Wildman–Crippen MR) is 84.5 cm³/mol. The summed E-state index contributed by atoms with van der Waals surface area (Å²) in [5, 5.41) is 13.8. The lowest BCUT2D eigenvalue weighted by Crippen LogP contribution is -2.15. The van der Waals surface area contributed by atoms with Crippen molar-refractivity contribution in [1.82, 2.24) is 0 Å². The van der Waals surface area contributed by atoms with E-state index in [-0.39, 0.29) is 17.9 Å². The molecule has 0 radical (unpaired) electrons. The molecule has 0 fully saturated rings. The first-order valence-electron chi connectivity index (χ1n) is 6.90. The van der Waals surface area contributed by atoms with Gasteiger partial charge in [0, 0.05) is 12.0 Å². The van der Waals surface area contributed by atoms with Crippen molar-refractivity contribution in [1.29, 1.82) is 0 Å². The highest BCUT2D eigenvalue weighted by atomic mass is 32.2. The first-order valence-corrected chi connectivity index (χ1v) is 8.45.